The Kier molecular flexibility index (Phi) is 4.18. The highest BCUT2D eigenvalue weighted by Crippen LogP contribution is 2.24. The lowest BCUT2D eigenvalue weighted by molar-refractivity contribution is 0.445. The van der Waals surface area contributed by atoms with Crippen LogP contribution >= 0.6 is 11.6 Å². The van der Waals surface area contributed by atoms with Crippen LogP contribution in [0.25, 0.3) is 0 Å². The molecule has 0 heterocycles. The number of nitrogens with two attached hydrogens (primary N) is 1. The van der Waals surface area contributed by atoms with Crippen LogP contribution in [0.5, 0.6) is 0 Å². The molecule has 0 spiro atoms. The minimum absolute atomic E-state index is 0.176. The van der Waals surface area contributed by atoms with E-state index in [9.17, 15) is 8.42 Å². The Labute approximate surface area is 101 Å². The fourth-order valence-corrected chi connectivity index (χ4v) is 3.11. The van der Waals surface area contributed by atoms with Crippen molar-refractivity contribution in [2.24, 2.45) is 0 Å². The van der Waals surface area contributed by atoms with Crippen molar-refractivity contribution < 1.29 is 8.42 Å². The summed E-state index contributed by atoms with van der Waals surface area (Å²) in [5.41, 5.74) is 5.91. The first kappa shape index (κ1) is 13.3. The van der Waals surface area contributed by atoms with Gasteiger partial charge >= 0.3 is 0 Å². The van der Waals surface area contributed by atoms with E-state index in [1.54, 1.807) is 13.8 Å². The van der Waals surface area contributed by atoms with Crippen LogP contribution in [0.4, 0.5) is 5.69 Å². The van der Waals surface area contributed by atoms with E-state index in [0.29, 0.717) is 18.8 Å². The SMILES string of the molecule is CCN(CC)S(=O)(=O)c1ccc(N)c(Cl)c1. The van der Waals surface area contributed by atoms with Gasteiger partial charge in [0.2, 0.25) is 10.0 Å². The molecule has 0 radical (unpaired) electrons. The molecule has 0 saturated heterocycles. The summed E-state index contributed by atoms with van der Waals surface area (Å²) in [6.45, 7) is 4.45. The van der Waals surface area contributed by atoms with Crippen molar-refractivity contribution in [3.63, 3.8) is 0 Å². The third-order valence-corrected chi connectivity index (χ3v) is 4.69. The van der Waals surface area contributed by atoms with E-state index in [4.69, 9.17) is 17.3 Å². The van der Waals surface area contributed by atoms with Gasteiger partial charge in [0.05, 0.1) is 15.6 Å². The monoisotopic (exact) mass is 262 g/mol. The Morgan fingerprint density at radius 3 is 2.31 bits per heavy atom. The summed E-state index contributed by atoms with van der Waals surface area (Å²) >= 11 is 5.80. The molecule has 0 saturated carbocycles. The van der Waals surface area contributed by atoms with Gasteiger partial charge in [-0.25, -0.2) is 8.42 Å². The fraction of sp³-hybridized carbons (Fsp3) is 0.400. The molecule has 4 nitrogen and oxygen atoms in total. The lowest BCUT2D eigenvalue weighted by Crippen LogP contribution is -2.30. The largest absolute Gasteiger partial charge is 0.398 e. The lowest BCUT2D eigenvalue weighted by Gasteiger charge is -2.18. The van der Waals surface area contributed by atoms with Crippen molar-refractivity contribution in [3.05, 3.63) is 23.2 Å². The molecule has 0 aliphatic carbocycles. The second kappa shape index (κ2) is 5.03. The standard InChI is InChI=1S/C10H15ClN2O2S/c1-3-13(4-2)16(14,15)8-5-6-10(12)9(11)7-8/h5-7H,3-4,12H2,1-2H3. The van der Waals surface area contributed by atoms with Crippen LogP contribution in [0, 0.1) is 0 Å². The quantitative estimate of drug-likeness (QED) is 0.844. The van der Waals surface area contributed by atoms with E-state index < -0.39 is 10.0 Å². The third kappa shape index (κ3) is 2.48. The summed E-state index contributed by atoms with van der Waals surface area (Å²) in [5.74, 6) is 0. The summed E-state index contributed by atoms with van der Waals surface area (Å²) in [6, 6.07) is 4.35. The topological polar surface area (TPSA) is 63.4 Å². The number of sulfonamides is 1. The molecule has 90 valence electrons. The Morgan fingerprint density at radius 2 is 1.88 bits per heavy atom. The van der Waals surface area contributed by atoms with Gasteiger partial charge in [-0.3, -0.25) is 0 Å². The van der Waals surface area contributed by atoms with E-state index in [0.717, 1.165) is 0 Å². The van der Waals surface area contributed by atoms with Gasteiger partial charge in [-0.05, 0) is 18.2 Å². The molecule has 0 bridgehead atoms. The van der Waals surface area contributed by atoms with Gasteiger partial charge in [-0.15, -0.1) is 0 Å². The first-order valence-corrected chi connectivity index (χ1v) is 6.80. The predicted molar refractivity (Wildman–Crippen MR) is 66.0 cm³/mol. The number of anilines is 1. The third-order valence-electron chi connectivity index (χ3n) is 2.32. The normalized spacial score (nSPS) is 12.0. The minimum Gasteiger partial charge on any atom is -0.398 e. The maximum atomic E-state index is 12.1. The first-order chi connectivity index (χ1) is 7.43. The first-order valence-electron chi connectivity index (χ1n) is 4.98. The minimum atomic E-state index is -3.45. The zero-order chi connectivity index (χ0) is 12.3. The molecule has 0 unspecified atom stereocenters. The van der Waals surface area contributed by atoms with Gasteiger partial charge in [0.1, 0.15) is 0 Å². The Morgan fingerprint density at radius 1 is 1.31 bits per heavy atom. The average molecular weight is 263 g/mol. The molecular formula is C10H15ClN2O2S. The highest BCUT2D eigenvalue weighted by atomic mass is 35.5. The Balaban J connectivity index is 3.22. The molecule has 0 fully saturated rings. The maximum absolute atomic E-state index is 12.1. The number of halogens is 1. The molecule has 0 atom stereocenters. The van der Waals surface area contributed by atoms with Gasteiger partial charge in [-0.2, -0.15) is 4.31 Å². The number of rotatable bonds is 4. The van der Waals surface area contributed by atoms with Gasteiger partial charge in [0, 0.05) is 13.1 Å². The van der Waals surface area contributed by atoms with Crippen LogP contribution in [0.2, 0.25) is 5.02 Å². The van der Waals surface area contributed by atoms with E-state index in [-0.39, 0.29) is 9.92 Å². The lowest BCUT2D eigenvalue weighted by atomic mass is 10.3. The highest BCUT2D eigenvalue weighted by molar-refractivity contribution is 7.89. The molecular weight excluding hydrogens is 248 g/mol. The summed E-state index contributed by atoms with van der Waals surface area (Å²) in [5, 5.41) is 0.258. The van der Waals surface area contributed by atoms with Crippen LogP contribution in [0.15, 0.2) is 23.1 Å². The number of hydrogen-bond donors (Lipinski definition) is 1. The molecule has 0 aromatic heterocycles. The van der Waals surface area contributed by atoms with Crippen molar-refractivity contribution in [1.29, 1.82) is 0 Å². The molecule has 6 heteroatoms. The van der Waals surface area contributed by atoms with Crippen LogP contribution in [0.3, 0.4) is 0 Å². The molecule has 1 aromatic rings. The van der Waals surface area contributed by atoms with E-state index in [2.05, 4.69) is 0 Å². The fourth-order valence-electron chi connectivity index (χ4n) is 1.38. The highest BCUT2D eigenvalue weighted by Gasteiger charge is 2.21. The molecule has 2 N–H and O–H groups in total. The Hall–Kier alpha value is -0.780. The molecule has 1 aromatic carbocycles. The van der Waals surface area contributed by atoms with Gasteiger partial charge in [0.15, 0.2) is 0 Å². The van der Waals surface area contributed by atoms with Crippen LogP contribution in [-0.4, -0.2) is 25.8 Å². The van der Waals surface area contributed by atoms with Gasteiger partial charge in [-0.1, -0.05) is 25.4 Å². The zero-order valence-electron chi connectivity index (χ0n) is 9.27. The summed E-state index contributed by atoms with van der Waals surface area (Å²) < 4.78 is 25.5. The number of benzene rings is 1. The predicted octanol–water partition coefficient (Wildman–Crippen LogP) is 1.95. The van der Waals surface area contributed by atoms with Crippen LogP contribution in [-0.2, 0) is 10.0 Å². The molecule has 0 aliphatic rings. The maximum Gasteiger partial charge on any atom is 0.243 e. The number of nitrogens with zero attached hydrogens (tertiary/aromatic N) is 1. The molecule has 0 amide bonds. The second-order valence-corrected chi connectivity index (χ2v) is 5.62. The molecule has 0 aliphatic heterocycles. The van der Waals surface area contributed by atoms with Gasteiger partial charge in [0.25, 0.3) is 0 Å². The zero-order valence-corrected chi connectivity index (χ0v) is 10.8. The van der Waals surface area contributed by atoms with E-state index in [1.165, 1.54) is 22.5 Å². The van der Waals surface area contributed by atoms with Crippen molar-refractivity contribution in [3.8, 4) is 0 Å². The van der Waals surface area contributed by atoms with Crippen molar-refractivity contribution >= 4 is 27.3 Å². The van der Waals surface area contributed by atoms with Crippen LogP contribution in [0.1, 0.15) is 13.8 Å². The van der Waals surface area contributed by atoms with Crippen LogP contribution < -0.4 is 5.73 Å². The summed E-state index contributed by atoms with van der Waals surface area (Å²) in [7, 11) is -3.45. The number of hydrogen-bond acceptors (Lipinski definition) is 3. The molecule has 16 heavy (non-hydrogen) atoms. The van der Waals surface area contributed by atoms with E-state index >= 15 is 0 Å². The Bertz CT molecular complexity index is 470. The van der Waals surface area contributed by atoms with Gasteiger partial charge < -0.3 is 5.73 Å². The summed E-state index contributed by atoms with van der Waals surface area (Å²) in [4.78, 5) is 0.176. The average Bonchev–Trinajstić information content (AvgIpc) is 2.23. The van der Waals surface area contributed by atoms with Crippen molar-refractivity contribution in [1.82, 2.24) is 4.31 Å². The smallest absolute Gasteiger partial charge is 0.243 e. The van der Waals surface area contributed by atoms with Crippen molar-refractivity contribution in [2.75, 3.05) is 18.8 Å². The number of nitrogen functional groups attached to an aromatic ring is 1. The molecule has 1 rings (SSSR count). The van der Waals surface area contributed by atoms with Crippen molar-refractivity contribution in [2.45, 2.75) is 18.7 Å². The second-order valence-electron chi connectivity index (χ2n) is 3.27. The summed E-state index contributed by atoms with van der Waals surface area (Å²) in [6.07, 6.45) is 0. The van der Waals surface area contributed by atoms with E-state index in [1.807, 2.05) is 0 Å².